The van der Waals surface area contributed by atoms with Crippen LogP contribution in [0.2, 0.25) is 0 Å². The standard InChI is InChI=1S/C19H21N3O3/c1-3-14-8-4-6-10-16(14)21-18(23)12-19(24)22-20-13-15-9-5-7-11-17(15)25-2/h4-11,13H,3,12H2,1-2H3,(H,21,23)(H,22,24). The summed E-state index contributed by atoms with van der Waals surface area (Å²) in [7, 11) is 1.56. The van der Waals surface area contributed by atoms with Gasteiger partial charge in [0.25, 0.3) is 0 Å². The SMILES string of the molecule is CCc1ccccc1NC(=O)CC(=O)NN=Cc1ccccc1OC. The number of ether oxygens (including phenoxy) is 1. The molecule has 6 nitrogen and oxygen atoms in total. The molecular weight excluding hydrogens is 318 g/mol. The second kappa shape index (κ2) is 9.22. The zero-order chi connectivity index (χ0) is 18.1. The molecule has 0 aliphatic heterocycles. The van der Waals surface area contributed by atoms with E-state index < -0.39 is 5.91 Å². The summed E-state index contributed by atoms with van der Waals surface area (Å²) in [6.07, 6.45) is 1.97. The van der Waals surface area contributed by atoms with E-state index in [9.17, 15) is 9.59 Å². The van der Waals surface area contributed by atoms with Crippen molar-refractivity contribution in [1.82, 2.24) is 5.43 Å². The van der Waals surface area contributed by atoms with Crippen LogP contribution >= 0.6 is 0 Å². The molecule has 0 saturated carbocycles. The molecule has 130 valence electrons. The maximum atomic E-state index is 12.0. The Hall–Kier alpha value is -3.15. The van der Waals surface area contributed by atoms with Gasteiger partial charge in [-0.3, -0.25) is 9.59 Å². The van der Waals surface area contributed by atoms with Gasteiger partial charge >= 0.3 is 0 Å². The Morgan fingerprint density at radius 1 is 1.08 bits per heavy atom. The predicted molar refractivity (Wildman–Crippen MR) is 97.8 cm³/mol. The van der Waals surface area contributed by atoms with Gasteiger partial charge in [-0.2, -0.15) is 5.10 Å². The molecule has 2 aromatic carbocycles. The molecule has 6 heteroatoms. The molecule has 0 fully saturated rings. The zero-order valence-corrected chi connectivity index (χ0v) is 14.3. The van der Waals surface area contributed by atoms with Crippen LogP contribution in [0.25, 0.3) is 0 Å². The summed E-state index contributed by atoms with van der Waals surface area (Å²) >= 11 is 0. The Morgan fingerprint density at radius 2 is 1.80 bits per heavy atom. The monoisotopic (exact) mass is 339 g/mol. The summed E-state index contributed by atoms with van der Waals surface area (Å²) in [5, 5.41) is 6.61. The van der Waals surface area contributed by atoms with Crippen LogP contribution in [-0.4, -0.2) is 25.1 Å². The summed E-state index contributed by atoms with van der Waals surface area (Å²) in [4.78, 5) is 23.8. The van der Waals surface area contributed by atoms with E-state index in [1.807, 2.05) is 49.4 Å². The molecule has 2 amide bonds. The number of hydrogen-bond donors (Lipinski definition) is 2. The average Bonchev–Trinajstić information content (AvgIpc) is 2.62. The van der Waals surface area contributed by atoms with Gasteiger partial charge in [-0.1, -0.05) is 37.3 Å². The molecule has 0 unspecified atom stereocenters. The van der Waals surface area contributed by atoms with Crippen LogP contribution in [0.15, 0.2) is 53.6 Å². The number of carbonyl (C=O) groups is 2. The largest absolute Gasteiger partial charge is 0.496 e. The maximum absolute atomic E-state index is 12.0. The number of benzene rings is 2. The number of methoxy groups -OCH3 is 1. The summed E-state index contributed by atoms with van der Waals surface area (Å²) < 4.78 is 5.19. The first-order valence-corrected chi connectivity index (χ1v) is 7.96. The highest BCUT2D eigenvalue weighted by Crippen LogP contribution is 2.16. The highest BCUT2D eigenvalue weighted by atomic mass is 16.5. The number of rotatable bonds is 7. The quantitative estimate of drug-likeness (QED) is 0.462. The molecule has 2 N–H and O–H groups in total. The molecule has 0 atom stereocenters. The highest BCUT2D eigenvalue weighted by Gasteiger charge is 2.10. The molecule has 0 saturated heterocycles. The van der Waals surface area contributed by atoms with Crippen LogP contribution < -0.4 is 15.5 Å². The van der Waals surface area contributed by atoms with Crippen LogP contribution in [0.4, 0.5) is 5.69 Å². The van der Waals surface area contributed by atoms with Crippen molar-refractivity contribution >= 4 is 23.7 Å². The van der Waals surface area contributed by atoms with E-state index in [2.05, 4.69) is 15.8 Å². The van der Waals surface area contributed by atoms with E-state index in [0.717, 1.165) is 23.2 Å². The number of para-hydroxylation sites is 2. The fraction of sp³-hybridized carbons (Fsp3) is 0.211. The third kappa shape index (κ3) is 5.46. The number of carbonyl (C=O) groups excluding carboxylic acids is 2. The first kappa shape index (κ1) is 18.2. The van der Waals surface area contributed by atoms with Gasteiger partial charge in [-0.05, 0) is 30.2 Å². The Kier molecular flexibility index (Phi) is 6.71. The van der Waals surface area contributed by atoms with Crippen LogP contribution in [0.1, 0.15) is 24.5 Å². The molecule has 0 bridgehead atoms. The lowest BCUT2D eigenvalue weighted by Gasteiger charge is -2.09. The van der Waals surface area contributed by atoms with E-state index in [-0.39, 0.29) is 12.3 Å². The predicted octanol–water partition coefficient (Wildman–Crippen LogP) is 2.74. The second-order valence-corrected chi connectivity index (χ2v) is 5.27. The van der Waals surface area contributed by atoms with Crippen molar-refractivity contribution in [1.29, 1.82) is 0 Å². The fourth-order valence-corrected chi connectivity index (χ4v) is 2.28. The Balaban J connectivity index is 1.87. The van der Waals surface area contributed by atoms with Gasteiger partial charge in [0, 0.05) is 11.3 Å². The van der Waals surface area contributed by atoms with Crippen molar-refractivity contribution < 1.29 is 14.3 Å². The lowest BCUT2D eigenvalue weighted by atomic mass is 10.1. The molecule has 0 aliphatic rings. The van der Waals surface area contributed by atoms with Crippen LogP contribution in [0.3, 0.4) is 0 Å². The van der Waals surface area contributed by atoms with E-state index in [1.165, 1.54) is 6.21 Å². The van der Waals surface area contributed by atoms with Crippen LogP contribution in [0, 0.1) is 0 Å². The molecule has 0 heterocycles. The summed E-state index contributed by atoms with van der Waals surface area (Å²) in [6, 6.07) is 14.8. The zero-order valence-electron chi connectivity index (χ0n) is 14.3. The summed E-state index contributed by atoms with van der Waals surface area (Å²) in [6.45, 7) is 2.00. The lowest BCUT2D eigenvalue weighted by Crippen LogP contribution is -2.25. The molecule has 0 spiro atoms. The number of nitrogens with one attached hydrogen (secondary N) is 2. The van der Waals surface area contributed by atoms with Gasteiger partial charge in [-0.15, -0.1) is 0 Å². The minimum atomic E-state index is -0.488. The average molecular weight is 339 g/mol. The smallest absolute Gasteiger partial charge is 0.249 e. The first-order valence-electron chi connectivity index (χ1n) is 7.96. The van der Waals surface area contributed by atoms with Crippen molar-refractivity contribution in [3.05, 3.63) is 59.7 Å². The van der Waals surface area contributed by atoms with E-state index in [1.54, 1.807) is 13.2 Å². The highest BCUT2D eigenvalue weighted by molar-refractivity contribution is 6.04. The van der Waals surface area contributed by atoms with E-state index >= 15 is 0 Å². The molecular formula is C19H21N3O3. The van der Waals surface area contributed by atoms with Gasteiger partial charge in [0.2, 0.25) is 11.8 Å². The number of aryl methyl sites for hydroxylation is 1. The second-order valence-electron chi connectivity index (χ2n) is 5.27. The minimum absolute atomic E-state index is 0.304. The van der Waals surface area contributed by atoms with Gasteiger partial charge in [0.1, 0.15) is 12.2 Å². The topological polar surface area (TPSA) is 79.8 Å². The molecule has 0 aliphatic carbocycles. The number of anilines is 1. The molecule has 2 aromatic rings. The maximum Gasteiger partial charge on any atom is 0.249 e. The van der Waals surface area contributed by atoms with E-state index in [4.69, 9.17) is 4.74 Å². The van der Waals surface area contributed by atoms with Crippen molar-refractivity contribution in [2.45, 2.75) is 19.8 Å². The van der Waals surface area contributed by atoms with Crippen molar-refractivity contribution in [2.24, 2.45) is 5.10 Å². The summed E-state index contributed by atoms with van der Waals surface area (Å²) in [5.74, 6) is -0.224. The van der Waals surface area contributed by atoms with Crippen molar-refractivity contribution in [2.75, 3.05) is 12.4 Å². The van der Waals surface area contributed by atoms with Crippen LogP contribution in [0.5, 0.6) is 5.75 Å². The Morgan fingerprint density at radius 3 is 2.56 bits per heavy atom. The fourth-order valence-electron chi connectivity index (χ4n) is 2.28. The van der Waals surface area contributed by atoms with Gasteiger partial charge in [0.15, 0.2) is 0 Å². The van der Waals surface area contributed by atoms with Gasteiger partial charge in [-0.25, -0.2) is 5.43 Å². The number of amides is 2. The van der Waals surface area contributed by atoms with Gasteiger partial charge in [0.05, 0.1) is 13.3 Å². The van der Waals surface area contributed by atoms with E-state index in [0.29, 0.717) is 5.75 Å². The molecule has 0 aromatic heterocycles. The minimum Gasteiger partial charge on any atom is -0.496 e. The Bertz CT molecular complexity index is 772. The lowest BCUT2D eigenvalue weighted by molar-refractivity contribution is -0.126. The molecule has 0 radical (unpaired) electrons. The molecule has 2 rings (SSSR count). The third-order valence-corrected chi connectivity index (χ3v) is 3.53. The number of nitrogens with zero attached hydrogens (tertiary/aromatic N) is 1. The van der Waals surface area contributed by atoms with Gasteiger partial charge < -0.3 is 10.1 Å². The van der Waals surface area contributed by atoms with Crippen molar-refractivity contribution in [3.8, 4) is 5.75 Å². The summed E-state index contributed by atoms with van der Waals surface area (Å²) in [5.41, 5.74) is 4.81. The van der Waals surface area contributed by atoms with Crippen LogP contribution in [-0.2, 0) is 16.0 Å². The Labute approximate surface area is 146 Å². The van der Waals surface area contributed by atoms with Crippen molar-refractivity contribution in [3.63, 3.8) is 0 Å². The number of hydrazone groups is 1. The molecule has 25 heavy (non-hydrogen) atoms. The number of hydrogen-bond acceptors (Lipinski definition) is 4. The normalized spacial score (nSPS) is 10.5. The first-order chi connectivity index (χ1) is 12.1. The third-order valence-electron chi connectivity index (χ3n) is 3.53.